The Balaban J connectivity index is 2.02. The first kappa shape index (κ1) is 13.3. The number of aromatic nitrogens is 2. The molecule has 0 spiro atoms. The normalized spacial score (nSPS) is 11.0. The Morgan fingerprint density at radius 1 is 0.870 bits per heavy atom. The van der Waals surface area contributed by atoms with Gasteiger partial charge in [-0.1, -0.05) is 6.07 Å². The van der Waals surface area contributed by atoms with Crippen LogP contribution in [0.4, 0.5) is 0 Å². The lowest BCUT2D eigenvalue weighted by Gasteiger charge is -2.08. The zero-order chi connectivity index (χ0) is 15.8. The highest BCUT2D eigenvalue weighted by molar-refractivity contribution is 5.92. The fraction of sp³-hybridized carbons (Fsp3) is 0. The van der Waals surface area contributed by atoms with E-state index in [1.807, 2.05) is 0 Å². The molecule has 0 saturated heterocycles. The highest BCUT2D eigenvalue weighted by Gasteiger charge is 2.17. The van der Waals surface area contributed by atoms with Crippen molar-refractivity contribution in [1.82, 2.24) is 9.97 Å². The molecule has 0 aliphatic heterocycles. The maximum atomic E-state index is 11.0. The monoisotopic (exact) mass is 305 g/mol. The van der Waals surface area contributed by atoms with E-state index in [1.54, 1.807) is 36.6 Å². The number of carboxylic acid groups (broad SMARTS) is 1. The quantitative estimate of drug-likeness (QED) is 0.577. The van der Waals surface area contributed by atoms with Gasteiger partial charge in [0, 0.05) is 0 Å². The van der Waals surface area contributed by atoms with Crippen molar-refractivity contribution in [2.24, 2.45) is 0 Å². The molecule has 3 aromatic heterocycles. The van der Waals surface area contributed by atoms with Crippen LogP contribution >= 0.6 is 0 Å². The highest BCUT2D eigenvalue weighted by atomic mass is 16.4. The number of rotatable bonds is 3. The standard InChI is InChI=1S/C17H10N2O4/c20-17(21)10-5-6-11-12(9-10)19-16(14-4-2-8-23-14)15(18-11)13-3-1-7-22-13/h1-9H,(H,20,21)/p-1. The molecule has 4 rings (SSSR count). The summed E-state index contributed by atoms with van der Waals surface area (Å²) < 4.78 is 10.8. The van der Waals surface area contributed by atoms with Gasteiger partial charge in [-0.25, -0.2) is 9.97 Å². The number of carboxylic acids is 1. The summed E-state index contributed by atoms with van der Waals surface area (Å²) in [6.07, 6.45) is 3.08. The van der Waals surface area contributed by atoms with Gasteiger partial charge in [0.15, 0.2) is 11.5 Å². The van der Waals surface area contributed by atoms with Gasteiger partial charge in [-0.3, -0.25) is 0 Å². The van der Waals surface area contributed by atoms with Gasteiger partial charge < -0.3 is 18.7 Å². The molecule has 0 N–H and O–H groups in total. The van der Waals surface area contributed by atoms with Gasteiger partial charge in [-0.2, -0.15) is 0 Å². The van der Waals surface area contributed by atoms with E-state index in [0.717, 1.165) is 0 Å². The molecule has 0 radical (unpaired) electrons. The van der Waals surface area contributed by atoms with Crippen LogP contribution in [0, 0.1) is 0 Å². The maximum absolute atomic E-state index is 11.0. The Morgan fingerprint density at radius 2 is 1.48 bits per heavy atom. The summed E-state index contributed by atoms with van der Waals surface area (Å²) in [6.45, 7) is 0. The molecule has 23 heavy (non-hydrogen) atoms. The van der Waals surface area contributed by atoms with Crippen molar-refractivity contribution in [2.45, 2.75) is 0 Å². The van der Waals surface area contributed by atoms with Crippen molar-refractivity contribution in [1.29, 1.82) is 0 Å². The zero-order valence-electron chi connectivity index (χ0n) is 11.7. The second-order valence-electron chi connectivity index (χ2n) is 4.87. The van der Waals surface area contributed by atoms with E-state index in [0.29, 0.717) is 33.9 Å². The van der Waals surface area contributed by atoms with Crippen molar-refractivity contribution in [3.63, 3.8) is 0 Å². The molecule has 0 saturated carbocycles. The SMILES string of the molecule is O=C([O-])c1ccc2nc(-c3ccco3)c(-c3ccco3)nc2c1. The minimum absolute atomic E-state index is 0.0444. The number of nitrogens with zero attached hydrogens (tertiary/aromatic N) is 2. The first-order chi connectivity index (χ1) is 11.2. The fourth-order valence-corrected chi connectivity index (χ4v) is 2.35. The molecule has 4 aromatic rings. The van der Waals surface area contributed by atoms with E-state index in [1.165, 1.54) is 18.4 Å². The first-order valence-corrected chi connectivity index (χ1v) is 6.83. The van der Waals surface area contributed by atoms with E-state index in [-0.39, 0.29) is 5.56 Å². The van der Waals surface area contributed by atoms with Crippen LogP contribution in [0.15, 0.2) is 63.8 Å². The Morgan fingerprint density at radius 3 is 2.00 bits per heavy atom. The number of fused-ring (bicyclic) bond motifs is 1. The average molecular weight is 305 g/mol. The molecule has 0 amide bonds. The van der Waals surface area contributed by atoms with Crippen LogP contribution in [-0.4, -0.2) is 15.9 Å². The number of carbonyl (C=O) groups is 1. The second-order valence-corrected chi connectivity index (χ2v) is 4.87. The van der Waals surface area contributed by atoms with E-state index >= 15 is 0 Å². The smallest absolute Gasteiger partial charge is 0.154 e. The predicted molar refractivity (Wildman–Crippen MR) is 79.3 cm³/mol. The number of hydrogen-bond acceptors (Lipinski definition) is 6. The van der Waals surface area contributed by atoms with Gasteiger partial charge in [0.2, 0.25) is 0 Å². The first-order valence-electron chi connectivity index (χ1n) is 6.83. The van der Waals surface area contributed by atoms with Crippen molar-refractivity contribution in [2.75, 3.05) is 0 Å². The molecule has 1 aromatic carbocycles. The van der Waals surface area contributed by atoms with Crippen molar-refractivity contribution in [3.05, 3.63) is 60.6 Å². The maximum Gasteiger partial charge on any atom is 0.154 e. The number of hydrogen-bond donors (Lipinski definition) is 0. The summed E-state index contributed by atoms with van der Waals surface area (Å²) in [5, 5.41) is 11.0. The summed E-state index contributed by atoms with van der Waals surface area (Å²) >= 11 is 0. The molecule has 3 heterocycles. The summed E-state index contributed by atoms with van der Waals surface area (Å²) in [5.41, 5.74) is 2.04. The Labute approximate surface area is 130 Å². The fourth-order valence-electron chi connectivity index (χ4n) is 2.35. The molecular formula is C17H9N2O4-. The van der Waals surface area contributed by atoms with E-state index < -0.39 is 5.97 Å². The molecule has 6 heteroatoms. The largest absolute Gasteiger partial charge is 0.545 e. The number of furan rings is 2. The third kappa shape index (κ3) is 2.26. The van der Waals surface area contributed by atoms with Crippen molar-refractivity contribution in [3.8, 4) is 22.9 Å². The summed E-state index contributed by atoms with van der Waals surface area (Å²) in [7, 11) is 0. The lowest BCUT2D eigenvalue weighted by molar-refractivity contribution is -0.255. The Bertz CT molecular complexity index is 989. The van der Waals surface area contributed by atoms with Crippen LogP contribution in [0.2, 0.25) is 0 Å². The molecule has 0 bridgehead atoms. The number of aromatic carboxylic acids is 1. The summed E-state index contributed by atoms with van der Waals surface area (Å²) in [5.74, 6) is -0.192. The zero-order valence-corrected chi connectivity index (χ0v) is 11.7. The van der Waals surface area contributed by atoms with E-state index in [4.69, 9.17) is 8.83 Å². The molecule has 0 aliphatic rings. The second kappa shape index (κ2) is 5.10. The summed E-state index contributed by atoms with van der Waals surface area (Å²) in [4.78, 5) is 20.1. The van der Waals surface area contributed by atoms with Crippen LogP contribution < -0.4 is 5.11 Å². The third-order valence-corrected chi connectivity index (χ3v) is 3.41. The van der Waals surface area contributed by atoms with Crippen molar-refractivity contribution < 1.29 is 18.7 Å². The minimum atomic E-state index is -1.26. The highest BCUT2D eigenvalue weighted by Crippen LogP contribution is 2.31. The van der Waals surface area contributed by atoms with Gasteiger partial charge in [0.25, 0.3) is 0 Å². The topological polar surface area (TPSA) is 92.2 Å². The van der Waals surface area contributed by atoms with E-state index in [2.05, 4.69) is 9.97 Å². The van der Waals surface area contributed by atoms with Gasteiger partial charge >= 0.3 is 0 Å². The van der Waals surface area contributed by atoms with Crippen LogP contribution in [0.5, 0.6) is 0 Å². The molecule has 112 valence electrons. The molecule has 0 unspecified atom stereocenters. The number of benzene rings is 1. The lowest BCUT2D eigenvalue weighted by Crippen LogP contribution is -2.22. The molecule has 0 atom stereocenters. The van der Waals surface area contributed by atoms with Gasteiger partial charge in [-0.05, 0) is 42.0 Å². The molecule has 0 fully saturated rings. The lowest BCUT2D eigenvalue weighted by atomic mass is 10.1. The van der Waals surface area contributed by atoms with Crippen LogP contribution in [-0.2, 0) is 0 Å². The average Bonchev–Trinajstić information content (AvgIpc) is 3.26. The van der Waals surface area contributed by atoms with E-state index in [9.17, 15) is 9.90 Å². The Kier molecular flexibility index (Phi) is 2.94. The van der Waals surface area contributed by atoms with Gasteiger partial charge in [-0.15, -0.1) is 0 Å². The minimum Gasteiger partial charge on any atom is -0.545 e. The van der Waals surface area contributed by atoms with Gasteiger partial charge in [0.05, 0.1) is 29.5 Å². The predicted octanol–water partition coefficient (Wildman–Crippen LogP) is 2.51. The Hall–Kier alpha value is -3.41. The van der Waals surface area contributed by atoms with Crippen molar-refractivity contribution >= 4 is 17.0 Å². The molecule has 0 aliphatic carbocycles. The summed E-state index contributed by atoms with van der Waals surface area (Å²) in [6, 6.07) is 11.5. The number of carbonyl (C=O) groups excluding carboxylic acids is 1. The van der Waals surface area contributed by atoms with Crippen LogP contribution in [0.25, 0.3) is 33.9 Å². The third-order valence-electron chi connectivity index (χ3n) is 3.41. The molecular weight excluding hydrogens is 296 g/mol. The van der Waals surface area contributed by atoms with Crippen LogP contribution in [0.1, 0.15) is 10.4 Å². The van der Waals surface area contributed by atoms with Gasteiger partial charge in [0.1, 0.15) is 11.4 Å². The molecule has 6 nitrogen and oxygen atoms in total. The van der Waals surface area contributed by atoms with Crippen LogP contribution in [0.3, 0.4) is 0 Å².